The van der Waals surface area contributed by atoms with Gasteiger partial charge in [-0.2, -0.15) is 0 Å². The SMILES string of the molecule is CC(=CCCN(C)C)C(=O)O.Cl.NCc1ccccc1. The van der Waals surface area contributed by atoms with Crippen LogP contribution in [0.4, 0.5) is 0 Å². The zero-order valence-electron chi connectivity index (χ0n) is 12.4. The molecule has 1 rings (SSSR count). The molecule has 0 bridgehead atoms. The van der Waals surface area contributed by atoms with Crippen molar-refractivity contribution in [1.82, 2.24) is 4.90 Å². The molecule has 0 aliphatic carbocycles. The van der Waals surface area contributed by atoms with Crippen LogP contribution in [0.25, 0.3) is 0 Å². The van der Waals surface area contributed by atoms with Gasteiger partial charge < -0.3 is 15.7 Å². The summed E-state index contributed by atoms with van der Waals surface area (Å²) in [4.78, 5) is 12.3. The van der Waals surface area contributed by atoms with Gasteiger partial charge in [-0.15, -0.1) is 12.4 Å². The van der Waals surface area contributed by atoms with Gasteiger partial charge in [-0.25, -0.2) is 4.79 Å². The quantitative estimate of drug-likeness (QED) is 0.820. The van der Waals surface area contributed by atoms with E-state index in [1.165, 1.54) is 5.56 Å². The van der Waals surface area contributed by atoms with Gasteiger partial charge in [-0.05, 0) is 33.0 Å². The van der Waals surface area contributed by atoms with Crippen molar-refractivity contribution in [2.75, 3.05) is 20.6 Å². The molecule has 0 aliphatic rings. The van der Waals surface area contributed by atoms with E-state index in [1.807, 2.05) is 49.3 Å². The minimum atomic E-state index is -0.830. The third kappa shape index (κ3) is 11.7. The van der Waals surface area contributed by atoms with Crippen LogP contribution in [0.1, 0.15) is 18.9 Å². The maximum absolute atomic E-state index is 10.3. The average Bonchev–Trinajstić information content (AvgIpc) is 2.39. The molecular formula is C15H25ClN2O2. The number of carboxylic acid groups (broad SMARTS) is 1. The fourth-order valence-electron chi connectivity index (χ4n) is 1.24. The maximum atomic E-state index is 10.3. The number of benzene rings is 1. The lowest BCUT2D eigenvalue weighted by atomic mass is 10.2. The molecule has 1 aromatic rings. The molecule has 0 heterocycles. The molecule has 3 N–H and O–H groups in total. The lowest BCUT2D eigenvalue weighted by molar-refractivity contribution is -0.132. The second-order valence-corrected chi connectivity index (χ2v) is 4.47. The Labute approximate surface area is 127 Å². The summed E-state index contributed by atoms with van der Waals surface area (Å²) in [5, 5.41) is 8.47. The van der Waals surface area contributed by atoms with Crippen molar-refractivity contribution in [2.24, 2.45) is 5.73 Å². The molecule has 0 saturated carbocycles. The van der Waals surface area contributed by atoms with E-state index in [1.54, 1.807) is 13.0 Å². The summed E-state index contributed by atoms with van der Waals surface area (Å²) >= 11 is 0. The van der Waals surface area contributed by atoms with Crippen LogP contribution in [0, 0.1) is 0 Å². The molecule has 0 aromatic heterocycles. The topological polar surface area (TPSA) is 66.6 Å². The van der Waals surface area contributed by atoms with Crippen LogP contribution in [-0.4, -0.2) is 36.6 Å². The number of nitrogens with zero attached hydrogens (tertiary/aromatic N) is 1. The van der Waals surface area contributed by atoms with E-state index in [4.69, 9.17) is 10.8 Å². The Bertz CT molecular complexity index is 392. The van der Waals surface area contributed by atoms with Gasteiger partial charge in [0.05, 0.1) is 0 Å². The zero-order valence-corrected chi connectivity index (χ0v) is 13.2. The summed E-state index contributed by atoms with van der Waals surface area (Å²) in [5.74, 6) is -0.830. The average molecular weight is 301 g/mol. The maximum Gasteiger partial charge on any atom is 0.330 e. The van der Waals surface area contributed by atoms with Crippen LogP contribution in [0.3, 0.4) is 0 Å². The highest BCUT2D eigenvalue weighted by Crippen LogP contribution is 1.95. The van der Waals surface area contributed by atoms with Crippen LogP contribution >= 0.6 is 12.4 Å². The first-order valence-corrected chi connectivity index (χ1v) is 6.26. The standard InChI is InChI=1S/C8H15NO2.C7H9N.ClH/c1-7(8(10)11)5-4-6-9(2)3;8-6-7-4-2-1-3-5-7;/h5H,4,6H2,1-3H3,(H,10,11);1-5H,6,8H2;1H. The smallest absolute Gasteiger partial charge is 0.330 e. The highest BCUT2D eigenvalue weighted by molar-refractivity contribution is 5.85. The Morgan fingerprint density at radius 1 is 1.30 bits per heavy atom. The molecule has 0 amide bonds. The van der Waals surface area contributed by atoms with Gasteiger partial charge in [0, 0.05) is 18.7 Å². The molecule has 114 valence electrons. The molecule has 5 heteroatoms. The number of hydrogen-bond acceptors (Lipinski definition) is 3. The third-order valence-corrected chi connectivity index (χ3v) is 2.44. The summed E-state index contributed by atoms with van der Waals surface area (Å²) in [6, 6.07) is 9.99. The number of carboxylic acids is 1. The molecule has 0 fully saturated rings. The van der Waals surface area contributed by atoms with Crippen molar-refractivity contribution in [3.63, 3.8) is 0 Å². The zero-order chi connectivity index (χ0) is 14.7. The second kappa shape index (κ2) is 12.7. The number of nitrogens with two attached hydrogens (primary N) is 1. The lowest BCUT2D eigenvalue weighted by Crippen LogP contribution is -2.12. The Balaban J connectivity index is 0. The van der Waals surface area contributed by atoms with E-state index in [9.17, 15) is 4.79 Å². The normalized spacial score (nSPS) is 10.3. The van der Waals surface area contributed by atoms with Crippen LogP contribution in [0.15, 0.2) is 42.0 Å². The molecule has 0 unspecified atom stereocenters. The number of aliphatic carboxylic acids is 1. The highest BCUT2D eigenvalue weighted by Gasteiger charge is 1.97. The monoisotopic (exact) mass is 300 g/mol. The van der Waals surface area contributed by atoms with Crippen molar-refractivity contribution < 1.29 is 9.90 Å². The molecule has 20 heavy (non-hydrogen) atoms. The van der Waals surface area contributed by atoms with Crippen LogP contribution in [-0.2, 0) is 11.3 Å². The summed E-state index contributed by atoms with van der Waals surface area (Å²) in [5.41, 5.74) is 6.96. The molecule has 1 aromatic carbocycles. The summed E-state index contributed by atoms with van der Waals surface area (Å²) in [6.45, 7) is 3.14. The largest absolute Gasteiger partial charge is 0.478 e. The van der Waals surface area contributed by atoms with E-state index in [0.717, 1.165) is 13.0 Å². The van der Waals surface area contributed by atoms with Gasteiger partial charge in [0.25, 0.3) is 0 Å². The molecule has 0 spiro atoms. The Morgan fingerprint density at radius 2 is 1.85 bits per heavy atom. The van der Waals surface area contributed by atoms with Gasteiger partial charge in [0.2, 0.25) is 0 Å². The highest BCUT2D eigenvalue weighted by atomic mass is 35.5. The van der Waals surface area contributed by atoms with Crippen molar-refractivity contribution in [3.8, 4) is 0 Å². The summed E-state index contributed by atoms with van der Waals surface area (Å²) in [6.07, 6.45) is 2.54. The molecule has 4 nitrogen and oxygen atoms in total. The Hall–Kier alpha value is -1.36. The predicted molar refractivity (Wildman–Crippen MR) is 86.1 cm³/mol. The van der Waals surface area contributed by atoms with E-state index in [0.29, 0.717) is 12.1 Å². The van der Waals surface area contributed by atoms with Crippen molar-refractivity contribution >= 4 is 18.4 Å². The molecule has 0 radical (unpaired) electrons. The number of hydrogen-bond donors (Lipinski definition) is 2. The van der Waals surface area contributed by atoms with Crippen molar-refractivity contribution in [2.45, 2.75) is 19.9 Å². The fraction of sp³-hybridized carbons (Fsp3) is 0.400. The van der Waals surface area contributed by atoms with Crippen LogP contribution in [0.2, 0.25) is 0 Å². The first kappa shape index (κ1) is 20.9. The van der Waals surface area contributed by atoms with Gasteiger partial charge in [-0.1, -0.05) is 36.4 Å². The van der Waals surface area contributed by atoms with E-state index in [2.05, 4.69) is 0 Å². The van der Waals surface area contributed by atoms with Gasteiger partial charge >= 0.3 is 5.97 Å². The van der Waals surface area contributed by atoms with Gasteiger partial charge in [0.15, 0.2) is 0 Å². The number of carbonyl (C=O) groups is 1. The van der Waals surface area contributed by atoms with Crippen molar-refractivity contribution in [3.05, 3.63) is 47.5 Å². The first-order chi connectivity index (χ1) is 8.97. The summed E-state index contributed by atoms with van der Waals surface area (Å²) < 4.78 is 0. The molecule has 0 atom stereocenters. The minimum Gasteiger partial charge on any atom is -0.478 e. The molecule has 0 saturated heterocycles. The van der Waals surface area contributed by atoms with E-state index >= 15 is 0 Å². The number of rotatable bonds is 5. The van der Waals surface area contributed by atoms with Crippen molar-refractivity contribution in [1.29, 1.82) is 0 Å². The van der Waals surface area contributed by atoms with Crippen LogP contribution in [0.5, 0.6) is 0 Å². The molecular weight excluding hydrogens is 276 g/mol. The fourth-order valence-corrected chi connectivity index (χ4v) is 1.24. The Morgan fingerprint density at radius 3 is 2.20 bits per heavy atom. The first-order valence-electron chi connectivity index (χ1n) is 6.26. The Kier molecular flexibility index (Phi) is 13.3. The van der Waals surface area contributed by atoms with E-state index in [-0.39, 0.29) is 12.4 Å². The van der Waals surface area contributed by atoms with Gasteiger partial charge in [-0.3, -0.25) is 0 Å². The lowest BCUT2D eigenvalue weighted by Gasteiger charge is -2.05. The van der Waals surface area contributed by atoms with E-state index < -0.39 is 5.97 Å². The second-order valence-electron chi connectivity index (χ2n) is 4.47. The minimum absolute atomic E-state index is 0. The van der Waals surface area contributed by atoms with Gasteiger partial charge in [0.1, 0.15) is 0 Å². The number of halogens is 1. The van der Waals surface area contributed by atoms with Crippen LogP contribution < -0.4 is 5.73 Å². The third-order valence-electron chi connectivity index (χ3n) is 2.44. The summed E-state index contributed by atoms with van der Waals surface area (Å²) in [7, 11) is 3.92. The molecule has 0 aliphatic heterocycles. The predicted octanol–water partition coefficient (Wildman–Crippen LogP) is 2.54.